The molecule has 2 bridgehead atoms. The number of rotatable bonds is 2. The van der Waals surface area contributed by atoms with Gasteiger partial charge in [-0.05, 0) is 6.42 Å². The standard InChI is InChI=1S/C9H10N2O2S/c12-4-8-2-10-9(14-8)11-3-7-1-6(11)5-13-7/h2,4,6-7H,1,3,5H2. The van der Waals surface area contributed by atoms with Crippen molar-refractivity contribution in [2.75, 3.05) is 18.1 Å². The van der Waals surface area contributed by atoms with Gasteiger partial charge in [0.25, 0.3) is 0 Å². The van der Waals surface area contributed by atoms with Gasteiger partial charge in [-0.1, -0.05) is 11.3 Å². The van der Waals surface area contributed by atoms with Gasteiger partial charge in [0.15, 0.2) is 11.4 Å². The summed E-state index contributed by atoms with van der Waals surface area (Å²) in [5.74, 6) is 0. The lowest BCUT2D eigenvalue weighted by Crippen LogP contribution is -2.36. The molecule has 0 aliphatic carbocycles. The summed E-state index contributed by atoms with van der Waals surface area (Å²) < 4.78 is 5.50. The van der Waals surface area contributed by atoms with E-state index in [1.807, 2.05) is 0 Å². The molecule has 0 aromatic carbocycles. The highest BCUT2D eigenvalue weighted by Crippen LogP contribution is 2.34. The lowest BCUT2D eigenvalue weighted by atomic mass is 10.2. The number of aldehydes is 1. The molecule has 2 aliphatic heterocycles. The van der Waals surface area contributed by atoms with Crippen LogP contribution < -0.4 is 4.90 Å². The van der Waals surface area contributed by atoms with Gasteiger partial charge in [-0.25, -0.2) is 4.98 Å². The van der Waals surface area contributed by atoms with Gasteiger partial charge in [0.05, 0.1) is 29.8 Å². The molecule has 0 N–H and O–H groups in total. The van der Waals surface area contributed by atoms with Gasteiger partial charge in [-0.2, -0.15) is 0 Å². The Labute approximate surface area is 85.5 Å². The highest BCUT2D eigenvalue weighted by Gasteiger charge is 2.40. The van der Waals surface area contributed by atoms with E-state index in [0.717, 1.165) is 31.0 Å². The van der Waals surface area contributed by atoms with Crippen LogP contribution in [0.1, 0.15) is 16.1 Å². The Kier molecular flexibility index (Phi) is 1.81. The van der Waals surface area contributed by atoms with Crippen LogP contribution in [0, 0.1) is 0 Å². The van der Waals surface area contributed by atoms with Gasteiger partial charge in [0, 0.05) is 6.54 Å². The van der Waals surface area contributed by atoms with E-state index in [-0.39, 0.29) is 0 Å². The number of thiazole rings is 1. The number of fused-ring (bicyclic) bond motifs is 2. The molecule has 0 radical (unpaired) electrons. The van der Waals surface area contributed by atoms with Crippen LogP contribution in [0.2, 0.25) is 0 Å². The predicted molar refractivity (Wildman–Crippen MR) is 53.0 cm³/mol. The van der Waals surface area contributed by atoms with Crippen LogP contribution in [0.15, 0.2) is 6.20 Å². The van der Waals surface area contributed by atoms with E-state index in [2.05, 4.69) is 9.88 Å². The fraction of sp³-hybridized carbons (Fsp3) is 0.556. The van der Waals surface area contributed by atoms with Crippen LogP contribution in [0.5, 0.6) is 0 Å². The molecule has 1 aromatic heterocycles. The highest BCUT2D eigenvalue weighted by molar-refractivity contribution is 7.17. The maximum Gasteiger partial charge on any atom is 0.186 e. The van der Waals surface area contributed by atoms with E-state index >= 15 is 0 Å². The summed E-state index contributed by atoms with van der Waals surface area (Å²) >= 11 is 1.46. The summed E-state index contributed by atoms with van der Waals surface area (Å²) in [6.07, 6.45) is 3.98. The van der Waals surface area contributed by atoms with E-state index in [0.29, 0.717) is 17.0 Å². The quantitative estimate of drug-likeness (QED) is 0.681. The lowest BCUT2D eigenvalue weighted by Gasteiger charge is -2.25. The van der Waals surface area contributed by atoms with Crippen LogP contribution in [0.4, 0.5) is 5.13 Å². The molecule has 2 atom stereocenters. The molecule has 14 heavy (non-hydrogen) atoms. The Balaban J connectivity index is 1.85. The van der Waals surface area contributed by atoms with Crippen LogP contribution in [-0.2, 0) is 4.74 Å². The maximum atomic E-state index is 10.5. The third-order valence-corrected chi connectivity index (χ3v) is 3.73. The summed E-state index contributed by atoms with van der Waals surface area (Å²) in [5.41, 5.74) is 0. The Morgan fingerprint density at radius 3 is 3.21 bits per heavy atom. The maximum absolute atomic E-state index is 10.5. The third-order valence-electron chi connectivity index (χ3n) is 2.77. The number of anilines is 1. The first-order chi connectivity index (χ1) is 6.86. The molecule has 0 spiro atoms. The molecule has 2 unspecified atom stereocenters. The topological polar surface area (TPSA) is 42.4 Å². The summed E-state index contributed by atoms with van der Waals surface area (Å²) in [7, 11) is 0. The molecule has 0 saturated carbocycles. The normalized spacial score (nSPS) is 29.9. The first kappa shape index (κ1) is 8.38. The molecule has 74 valence electrons. The number of ether oxygens (including phenoxy) is 1. The van der Waals surface area contributed by atoms with E-state index in [4.69, 9.17) is 4.74 Å². The van der Waals surface area contributed by atoms with Crippen LogP contribution in [0.25, 0.3) is 0 Å². The SMILES string of the molecule is O=Cc1cnc(N2CC3CC2CO3)s1. The van der Waals surface area contributed by atoms with Crippen molar-refractivity contribution < 1.29 is 9.53 Å². The minimum absolute atomic E-state index is 0.378. The number of morpholine rings is 1. The number of hydrogen-bond donors (Lipinski definition) is 0. The minimum Gasteiger partial charge on any atom is -0.374 e. The molecule has 1 aromatic rings. The molecule has 3 rings (SSSR count). The summed E-state index contributed by atoms with van der Waals surface area (Å²) in [6.45, 7) is 1.73. The van der Waals surface area contributed by atoms with E-state index in [9.17, 15) is 4.79 Å². The largest absolute Gasteiger partial charge is 0.374 e. The Morgan fingerprint density at radius 1 is 1.71 bits per heavy atom. The predicted octanol–water partition coefficient (Wildman–Crippen LogP) is 0.933. The number of nitrogens with zero attached hydrogens (tertiary/aromatic N) is 2. The summed E-state index contributed by atoms with van der Waals surface area (Å²) in [5, 5.41) is 0.961. The smallest absolute Gasteiger partial charge is 0.186 e. The van der Waals surface area contributed by atoms with Gasteiger partial charge in [-0.15, -0.1) is 0 Å². The van der Waals surface area contributed by atoms with Crippen molar-refractivity contribution in [2.45, 2.75) is 18.6 Å². The van der Waals surface area contributed by atoms with Crippen molar-refractivity contribution in [1.29, 1.82) is 0 Å². The third kappa shape index (κ3) is 1.16. The Bertz CT molecular complexity index is 365. The number of aromatic nitrogens is 1. The van der Waals surface area contributed by atoms with Gasteiger partial charge in [0.2, 0.25) is 0 Å². The van der Waals surface area contributed by atoms with Crippen molar-refractivity contribution in [1.82, 2.24) is 4.98 Å². The second-order valence-electron chi connectivity index (χ2n) is 3.66. The molecule has 4 nitrogen and oxygen atoms in total. The number of hydrogen-bond acceptors (Lipinski definition) is 5. The minimum atomic E-state index is 0.378. The van der Waals surface area contributed by atoms with Gasteiger partial charge in [0.1, 0.15) is 0 Å². The van der Waals surface area contributed by atoms with Crippen LogP contribution in [0.3, 0.4) is 0 Å². The zero-order valence-electron chi connectivity index (χ0n) is 7.55. The van der Waals surface area contributed by atoms with Gasteiger partial charge >= 0.3 is 0 Å². The average molecular weight is 210 g/mol. The second-order valence-corrected chi connectivity index (χ2v) is 4.70. The first-order valence-electron chi connectivity index (χ1n) is 4.66. The highest BCUT2D eigenvalue weighted by atomic mass is 32.1. The Morgan fingerprint density at radius 2 is 2.64 bits per heavy atom. The molecule has 2 saturated heterocycles. The first-order valence-corrected chi connectivity index (χ1v) is 5.48. The van der Waals surface area contributed by atoms with Crippen molar-refractivity contribution in [3.63, 3.8) is 0 Å². The van der Waals surface area contributed by atoms with Crippen molar-refractivity contribution in [3.05, 3.63) is 11.1 Å². The molecule has 3 heterocycles. The monoisotopic (exact) mass is 210 g/mol. The molecule has 0 amide bonds. The van der Waals surface area contributed by atoms with Gasteiger partial charge in [-0.3, -0.25) is 4.79 Å². The fourth-order valence-corrected chi connectivity index (χ4v) is 2.91. The van der Waals surface area contributed by atoms with Crippen molar-refractivity contribution >= 4 is 22.8 Å². The van der Waals surface area contributed by atoms with Crippen LogP contribution >= 0.6 is 11.3 Å². The fourth-order valence-electron chi connectivity index (χ4n) is 2.10. The number of carbonyl (C=O) groups is 1. The van der Waals surface area contributed by atoms with E-state index < -0.39 is 0 Å². The Hall–Kier alpha value is -0.940. The van der Waals surface area contributed by atoms with Crippen LogP contribution in [-0.4, -0.2) is 36.6 Å². The molecule has 2 aliphatic rings. The molecular weight excluding hydrogens is 200 g/mol. The molecule has 2 fully saturated rings. The average Bonchev–Trinajstić information content (AvgIpc) is 2.93. The second kappa shape index (κ2) is 3.03. The number of carbonyl (C=O) groups excluding carboxylic acids is 1. The zero-order valence-corrected chi connectivity index (χ0v) is 8.37. The van der Waals surface area contributed by atoms with Crippen molar-refractivity contribution in [2.24, 2.45) is 0 Å². The summed E-state index contributed by atoms with van der Waals surface area (Å²) in [6, 6.07) is 0.477. The van der Waals surface area contributed by atoms with E-state index in [1.54, 1.807) is 6.20 Å². The molecular formula is C9H10N2O2S. The summed E-state index contributed by atoms with van der Waals surface area (Å²) in [4.78, 5) is 17.7. The molecule has 5 heteroatoms. The van der Waals surface area contributed by atoms with Crippen molar-refractivity contribution in [3.8, 4) is 0 Å². The van der Waals surface area contributed by atoms with E-state index in [1.165, 1.54) is 11.3 Å². The van der Waals surface area contributed by atoms with Gasteiger partial charge < -0.3 is 9.64 Å². The lowest BCUT2D eigenvalue weighted by molar-refractivity contribution is 0.0991. The zero-order chi connectivity index (χ0) is 9.54.